The van der Waals surface area contributed by atoms with Gasteiger partial charge in [0.15, 0.2) is 0 Å². The molecule has 0 atom stereocenters. The van der Waals surface area contributed by atoms with Gasteiger partial charge in [-0.1, -0.05) is 43.0 Å². The molecule has 1 fully saturated rings. The molecule has 1 aliphatic carbocycles. The molecule has 27 heavy (non-hydrogen) atoms. The standard InChI is InChI=1S/C20H24ClN3O2S/c1-13-18(27-20(23-13)14-6-5-7-15(21)12-14)19(26)22-11-10-17(25)24-16-8-3-2-4-9-16/h5-7,12,16H,2-4,8-11H2,1H3,(H,22,26)(H,24,25). The number of aromatic nitrogens is 1. The minimum absolute atomic E-state index is 0.00263. The maximum Gasteiger partial charge on any atom is 0.263 e. The van der Waals surface area contributed by atoms with Gasteiger partial charge in [0.25, 0.3) is 5.91 Å². The van der Waals surface area contributed by atoms with Gasteiger partial charge in [-0.15, -0.1) is 11.3 Å². The van der Waals surface area contributed by atoms with Crippen molar-refractivity contribution in [2.45, 2.75) is 51.5 Å². The smallest absolute Gasteiger partial charge is 0.263 e. The van der Waals surface area contributed by atoms with E-state index in [0.717, 1.165) is 23.4 Å². The predicted octanol–water partition coefficient (Wildman–Crippen LogP) is 4.34. The Morgan fingerprint density at radius 3 is 2.78 bits per heavy atom. The predicted molar refractivity (Wildman–Crippen MR) is 109 cm³/mol. The lowest BCUT2D eigenvalue weighted by atomic mass is 9.95. The van der Waals surface area contributed by atoms with E-state index >= 15 is 0 Å². The zero-order valence-corrected chi connectivity index (χ0v) is 17.0. The first-order chi connectivity index (χ1) is 13.0. The molecule has 3 rings (SSSR count). The zero-order valence-electron chi connectivity index (χ0n) is 15.4. The summed E-state index contributed by atoms with van der Waals surface area (Å²) in [7, 11) is 0. The van der Waals surface area contributed by atoms with Gasteiger partial charge in [0.1, 0.15) is 9.88 Å². The molecule has 1 aromatic heterocycles. The van der Waals surface area contributed by atoms with Crippen LogP contribution in [0.5, 0.6) is 0 Å². The second-order valence-corrected chi connectivity index (χ2v) is 8.29. The number of hydrogen-bond acceptors (Lipinski definition) is 4. The Labute approximate surface area is 168 Å². The average Bonchev–Trinajstić information content (AvgIpc) is 3.04. The van der Waals surface area contributed by atoms with Gasteiger partial charge in [0.05, 0.1) is 5.69 Å². The zero-order chi connectivity index (χ0) is 19.2. The van der Waals surface area contributed by atoms with E-state index < -0.39 is 0 Å². The van der Waals surface area contributed by atoms with Crippen molar-refractivity contribution >= 4 is 34.8 Å². The molecule has 0 aliphatic heterocycles. The molecule has 5 nitrogen and oxygen atoms in total. The molecule has 0 saturated heterocycles. The number of carbonyl (C=O) groups is 2. The molecule has 2 amide bonds. The minimum atomic E-state index is -0.191. The fraction of sp³-hybridized carbons (Fsp3) is 0.450. The molecule has 144 valence electrons. The first kappa shape index (κ1) is 19.8. The number of hydrogen-bond donors (Lipinski definition) is 2. The summed E-state index contributed by atoms with van der Waals surface area (Å²) in [4.78, 5) is 29.5. The Morgan fingerprint density at radius 1 is 1.26 bits per heavy atom. The number of thiazole rings is 1. The van der Waals surface area contributed by atoms with Crippen LogP contribution in [-0.2, 0) is 4.79 Å². The van der Waals surface area contributed by atoms with Crippen molar-refractivity contribution in [3.05, 3.63) is 39.9 Å². The van der Waals surface area contributed by atoms with Crippen LogP contribution in [0.4, 0.5) is 0 Å². The van der Waals surface area contributed by atoms with Gasteiger partial charge in [0, 0.05) is 29.6 Å². The van der Waals surface area contributed by atoms with Gasteiger partial charge in [0.2, 0.25) is 5.91 Å². The van der Waals surface area contributed by atoms with E-state index in [0.29, 0.717) is 34.6 Å². The number of carbonyl (C=O) groups excluding carboxylic acids is 2. The number of rotatable bonds is 6. The maximum atomic E-state index is 12.5. The van der Waals surface area contributed by atoms with Gasteiger partial charge < -0.3 is 10.6 Å². The Hall–Kier alpha value is -1.92. The largest absolute Gasteiger partial charge is 0.353 e. The summed E-state index contributed by atoms with van der Waals surface area (Å²) < 4.78 is 0. The lowest BCUT2D eigenvalue weighted by Gasteiger charge is -2.22. The molecule has 0 unspecified atom stereocenters. The van der Waals surface area contributed by atoms with Crippen molar-refractivity contribution in [3.63, 3.8) is 0 Å². The van der Waals surface area contributed by atoms with Crippen LogP contribution in [0, 0.1) is 6.92 Å². The number of nitrogens with zero attached hydrogens (tertiary/aromatic N) is 1. The van der Waals surface area contributed by atoms with E-state index in [1.54, 1.807) is 6.07 Å². The highest BCUT2D eigenvalue weighted by Crippen LogP contribution is 2.29. The van der Waals surface area contributed by atoms with E-state index in [-0.39, 0.29) is 11.8 Å². The van der Waals surface area contributed by atoms with Crippen molar-refractivity contribution in [1.29, 1.82) is 0 Å². The Balaban J connectivity index is 1.51. The molecule has 1 aromatic carbocycles. The van der Waals surface area contributed by atoms with Crippen LogP contribution in [0.25, 0.3) is 10.6 Å². The molecule has 7 heteroatoms. The van der Waals surface area contributed by atoms with Crippen molar-refractivity contribution in [1.82, 2.24) is 15.6 Å². The van der Waals surface area contributed by atoms with Crippen LogP contribution >= 0.6 is 22.9 Å². The Kier molecular flexibility index (Phi) is 6.85. The van der Waals surface area contributed by atoms with Crippen molar-refractivity contribution in [3.8, 4) is 10.6 Å². The summed E-state index contributed by atoms with van der Waals surface area (Å²) in [5, 5.41) is 7.28. The quantitative estimate of drug-likeness (QED) is 0.750. The number of aryl methyl sites for hydroxylation is 1. The van der Waals surface area contributed by atoms with Gasteiger partial charge in [-0.05, 0) is 31.9 Å². The monoisotopic (exact) mass is 405 g/mol. The first-order valence-corrected chi connectivity index (χ1v) is 10.5. The number of halogens is 1. The van der Waals surface area contributed by atoms with Crippen LogP contribution in [0.2, 0.25) is 5.02 Å². The van der Waals surface area contributed by atoms with Crippen molar-refractivity contribution in [2.75, 3.05) is 6.54 Å². The maximum absolute atomic E-state index is 12.5. The number of nitrogens with one attached hydrogen (secondary N) is 2. The van der Waals surface area contributed by atoms with Gasteiger partial charge >= 0.3 is 0 Å². The molecule has 1 heterocycles. The third-order valence-electron chi connectivity index (χ3n) is 4.68. The molecule has 0 bridgehead atoms. The Bertz CT molecular complexity index is 815. The number of benzene rings is 1. The van der Waals surface area contributed by atoms with Crippen LogP contribution in [-0.4, -0.2) is 29.4 Å². The van der Waals surface area contributed by atoms with Crippen LogP contribution < -0.4 is 10.6 Å². The summed E-state index contributed by atoms with van der Waals surface area (Å²) >= 11 is 7.37. The third kappa shape index (κ3) is 5.53. The lowest BCUT2D eigenvalue weighted by molar-refractivity contribution is -0.121. The number of amides is 2. The summed E-state index contributed by atoms with van der Waals surface area (Å²) in [5.41, 5.74) is 1.57. The van der Waals surface area contributed by atoms with Crippen molar-refractivity contribution < 1.29 is 9.59 Å². The van der Waals surface area contributed by atoms with Crippen molar-refractivity contribution in [2.24, 2.45) is 0 Å². The van der Waals surface area contributed by atoms with E-state index in [4.69, 9.17) is 11.6 Å². The summed E-state index contributed by atoms with van der Waals surface area (Å²) in [5.74, 6) is -0.188. The Morgan fingerprint density at radius 2 is 2.04 bits per heavy atom. The van der Waals surface area contributed by atoms with Crippen LogP contribution in [0.3, 0.4) is 0 Å². The second-order valence-electron chi connectivity index (χ2n) is 6.85. The normalized spacial score (nSPS) is 14.7. The van der Waals surface area contributed by atoms with Crippen LogP contribution in [0.15, 0.2) is 24.3 Å². The van der Waals surface area contributed by atoms with E-state index in [1.807, 2.05) is 25.1 Å². The van der Waals surface area contributed by atoms with E-state index in [2.05, 4.69) is 15.6 Å². The fourth-order valence-electron chi connectivity index (χ4n) is 3.27. The minimum Gasteiger partial charge on any atom is -0.353 e. The second kappa shape index (κ2) is 9.33. The highest BCUT2D eigenvalue weighted by molar-refractivity contribution is 7.17. The average molecular weight is 406 g/mol. The molecule has 1 aliphatic rings. The SMILES string of the molecule is Cc1nc(-c2cccc(Cl)c2)sc1C(=O)NCCC(=O)NC1CCCCC1. The molecule has 0 radical (unpaired) electrons. The third-order valence-corrected chi connectivity index (χ3v) is 6.12. The highest BCUT2D eigenvalue weighted by Gasteiger charge is 2.18. The van der Waals surface area contributed by atoms with Gasteiger partial charge in [-0.3, -0.25) is 9.59 Å². The highest BCUT2D eigenvalue weighted by atomic mass is 35.5. The summed E-state index contributed by atoms with van der Waals surface area (Å²) in [6.07, 6.45) is 6.03. The summed E-state index contributed by atoms with van der Waals surface area (Å²) in [6.45, 7) is 2.14. The summed E-state index contributed by atoms with van der Waals surface area (Å²) in [6, 6.07) is 7.71. The van der Waals surface area contributed by atoms with E-state index in [9.17, 15) is 9.59 Å². The van der Waals surface area contributed by atoms with Gasteiger partial charge in [-0.25, -0.2) is 4.98 Å². The molecular weight excluding hydrogens is 382 g/mol. The lowest BCUT2D eigenvalue weighted by Crippen LogP contribution is -2.38. The van der Waals surface area contributed by atoms with Gasteiger partial charge in [-0.2, -0.15) is 0 Å². The first-order valence-electron chi connectivity index (χ1n) is 9.34. The molecule has 2 aromatic rings. The molecule has 0 spiro atoms. The molecule has 2 N–H and O–H groups in total. The topological polar surface area (TPSA) is 71.1 Å². The van der Waals surface area contributed by atoms with Crippen LogP contribution in [0.1, 0.15) is 53.9 Å². The molecular formula is C20H24ClN3O2S. The fourth-order valence-corrected chi connectivity index (χ4v) is 4.44. The molecule has 1 saturated carbocycles. The van der Waals surface area contributed by atoms with E-state index in [1.165, 1.54) is 30.6 Å².